The molecule has 0 bridgehead atoms. The molecule has 3 aromatic rings. The first-order valence-corrected chi connectivity index (χ1v) is 7.68. The molecule has 106 valence electrons. The molecule has 0 unspecified atom stereocenters. The Balaban J connectivity index is 2.11. The molecular formula is C16H15N3OS. The highest BCUT2D eigenvalue weighted by Crippen LogP contribution is 2.29. The molecule has 1 aromatic carbocycles. The van der Waals surface area contributed by atoms with Crippen molar-refractivity contribution in [3.05, 3.63) is 41.0 Å². The van der Waals surface area contributed by atoms with Crippen LogP contribution in [0.5, 0.6) is 5.75 Å². The van der Waals surface area contributed by atoms with Gasteiger partial charge < -0.3 is 4.74 Å². The van der Waals surface area contributed by atoms with Gasteiger partial charge in [-0.05, 0) is 38.1 Å². The smallest absolute Gasteiger partial charge is 0.194 e. The summed E-state index contributed by atoms with van der Waals surface area (Å²) in [5, 5.41) is 11.2. The molecule has 5 heteroatoms. The summed E-state index contributed by atoms with van der Waals surface area (Å²) in [6.45, 7) is 4.65. The van der Waals surface area contributed by atoms with Gasteiger partial charge in [0.15, 0.2) is 4.96 Å². The Morgan fingerprint density at radius 1 is 1.33 bits per heavy atom. The molecule has 4 nitrogen and oxygen atoms in total. The van der Waals surface area contributed by atoms with Crippen molar-refractivity contribution in [3.8, 4) is 23.1 Å². The Morgan fingerprint density at radius 2 is 2.10 bits per heavy atom. The van der Waals surface area contributed by atoms with Gasteiger partial charge >= 0.3 is 0 Å². The Hall–Kier alpha value is -2.32. The van der Waals surface area contributed by atoms with Gasteiger partial charge in [-0.2, -0.15) is 5.26 Å². The fourth-order valence-electron chi connectivity index (χ4n) is 2.41. The summed E-state index contributed by atoms with van der Waals surface area (Å²) in [5.41, 5.74) is 3.97. The number of aromatic nitrogens is 2. The van der Waals surface area contributed by atoms with Gasteiger partial charge in [-0.15, -0.1) is 11.3 Å². The van der Waals surface area contributed by atoms with Crippen LogP contribution in [0.15, 0.2) is 29.6 Å². The third-order valence-corrected chi connectivity index (χ3v) is 4.26. The number of fused-ring (bicyclic) bond motifs is 1. The van der Waals surface area contributed by atoms with Crippen molar-refractivity contribution in [2.24, 2.45) is 0 Å². The van der Waals surface area contributed by atoms with E-state index in [1.54, 1.807) is 11.3 Å². The molecular weight excluding hydrogens is 282 g/mol. The molecule has 21 heavy (non-hydrogen) atoms. The first-order valence-electron chi connectivity index (χ1n) is 6.80. The number of nitrogens with zero attached hydrogens (tertiary/aromatic N) is 3. The van der Waals surface area contributed by atoms with Crippen LogP contribution in [0.3, 0.4) is 0 Å². The zero-order chi connectivity index (χ0) is 14.8. The van der Waals surface area contributed by atoms with E-state index in [4.69, 9.17) is 10.00 Å². The van der Waals surface area contributed by atoms with Crippen LogP contribution in [0.2, 0.25) is 0 Å². The Labute approximate surface area is 127 Å². The van der Waals surface area contributed by atoms with Crippen LogP contribution in [-0.4, -0.2) is 16.0 Å². The van der Waals surface area contributed by atoms with Crippen LogP contribution in [0.4, 0.5) is 0 Å². The van der Waals surface area contributed by atoms with Crippen LogP contribution < -0.4 is 4.74 Å². The van der Waals surface area contributed by atoms with Crippen LogP contribution in [0.1, 0.15) is 18.3 Å². The minimum absolute atomic E-state index is 0.348. The van der Waals surface area contributed by atoms with E-state index >= 15 is 0 Å². The third-order valence-electron chi connectivity index (χ3n) is 3.31. The lowest BCUT2D eigenvalue weighted by Gasteiger charge is -2.05. The molecule has 0 N–H and O–H groups in total. The lowest BCUT2D eigenvalue weighted by molar-refractivity contribution is 0.340. The average molecular weight is 297 g/mol. The standard InChI is InChI=1S/C16H15N3OS/c1-3-20-13-6-4-12(5-7-13)15-14(8-9-17)19-11(2)10-21-16(19)18-15/h4-7,10H,3,8H2,1-2H3. The number of benzene rings is 1. The molecule has 0 aliphatic carbocycles. The fourth-order valence-corrected chi connectivity index (χ4v) is 3.29. The van der Waals surface area contributed by atoms with Crippen molar-refractivity contribution >= 4 is 16.3 Å². The van der Waals surface area contributed by atoms with Crippen molar-refractivity contribution in [3.63, 3.8) is 0 Å². The molecule has 0 atom stereocenters. The Bertz CT molecular complexity index is 809. The highest BCUT2D eigenvalue weighted by molar-refractivity contribution is 7.15. The summed E-state index contributed by atoms with van der Waals surface area (Å²) in [7, 11) is 0. The maximum Gasteiger partial charge on any atom is 0.194 e. The number of thiazole rings is 1. The van der Waals surface area contributed by atoms with Gasteiger partial charge in [0.25, 0.3) is 0 Å². The SMILES string of the molecule is CCOc1ccc(-c2nc3scc(C)n3c2CC#N)cc1. The molecule has 0 amide bonds. The second-order valence-electron chi connectivity index (χ2n) is 4.69. The molecule has 0 aliphatic rings. The number of imidazole rings is 1. The van der Waals surface area contributed by atoms with Crippen molar-refractivity contribution in [2.75, 3.05) is 6.61 Å². The second-order valence-corrected chi connectivity index (χ2v) is 5.53. The van der Waals surface area contributed by atoms with Gasteiger partial charge in [-0.1, -0.05) is 0 Å². The van der Waals surface area contributed by atoms with E-state index in [1.807, 2.05) is 38.1 Å². The summed E-state index contributed by atoms with van der Waals surface area (Å²) in [6, 6.07) is 10.1. The van der Waals surface area contributed by atoms with Crippen LogP contribution in [-0.2, 0) is 6.42 Å². The van der Waals surface area contributed by atoms with Gasteiger partial charge in [-0.3, -0.25) is 4.40 Å². The van der Waals surface area contributed by atoms with E-state index < -0.39 is 0 Å². The zero-order valence-corrected chi connectivity index (χ0v) is 12.8. The number of aryl methyl sites for hydroxylation is 1. The van der Waals surface area contributed by atoms with E-state index in [0.29, 0.717) is 13.0 Å². The van der Waals surface area contributed by atoms with E-state index in [1.165, 1.54) is 0 Å². The molecule has 0 spiro atoms. The quantitative estimate of drug-likeness (QED) is 0.735. The van der Waals surface area contributed by atoms with Gasteiger partial charge in [-0.25, -0.2) is 4.98 Å². The first kappa shape index (κ1) is 13.7. The maximum atomic E-state index is 9.10. The summed E-state index contributed by atoms with van der Waals surface area (Å²) in [4.78, 5) is 5.62. The zero-order valence-electron chi connectivity index (χ0n) is 12.0. The molecule has 0 aliphatic heterocycles. The maximum absolute atomic E-state index is 9.10. The monoisotopic (exact) mass is 297 g/mol. The molecule has 2 aromatic heterocycles. The highest BCUT2D eigenvalue weighted by atomic mass is 32.1. The number of rotatable bonds is 4. The van der Waals surface area contributed by atoms with Crippen LogP contribution in [0, 0.1) is 18.3 Å². The molecule has 0 saturated heterocycles. The van der Waals surface area contributed by atoms with Crippen LogP contribution in [0.25, 0.3) is 16.2 Å². The molecule has 3 rings (SSSR count). The molecule has 2 heterocycles. The lowest BCUT2D eigenvalue weighted by atomic mass is 10.1. The van der Waals surface area contributed by atoms with Crippen molar-refractivity contribution in [1.82, 2.24) is 9.38 Å². The number of hydrogen-bond acceptors (Lipinski definition) is 4. The van der Waals surface area contributed by atoms with Crippen molar-refractivity contribution in [1.29, 1.82) is 5.26 Å². The third kappa shape index (κ3) is 2.39. The lowest BCUT2D eigenvalue weighted by Crippen LogP contribution is -1.95. The summed E-state index contributed by atoms with van der Waals surface area (Å²) in [6.07, 6.45) is 0.348. The summed E-state index contributed by atoms with van der Waals surface area (Å²) in [5.74, 6) is 0.847. The molecule has 0 radical (unpaired) electrons. The van der Waals surface area contributed by atoms with Crippen molar-refractivity contribution in [2.45, 2.75) is 20.3 Å². The first-order chi connectivity index (χ1) is 10.2. The van der Waals surface area contributed by atoms with Gasteiger partial charge in [0.05, 0.1) is 30.5 Å². The predicted molar refractivity (Wildman–Crippen MR) is 83.7 cm³/mol. The fraction of sp³-hybridized carbons (Fsp3) is 0.250. The van der Waals surface area contributed by atoms with Crippen molar-refractivity contribution < 1.29 is 4.74 Å². The Morgan fingerprint density at radius 3 is 2.76 bits per heavy atom. The van der Waals surface area contributed by atoms with Gasteiger partial charge in [0.2, 0.25) is 0 Å². The summed E-state index contributed by atoms with van der Waals surface area (Å²) < 4.78 is 7.53. The largest absolute Gasteiger partial charge is 0.494 e. The van der Waals surface area contributed by atoms with Crippen LogP contribution >= 0.6 is 11.3 Å². The van der Waals surface area contributed by atoms with Gasteiger partial charge in [0, 0.05) is 16.6 Å². The van der Waals surface area contributed by atoms with Gasteiger partial charge in [0.1, 0.15) is 5.75 Å². The molecule has 0 saturated carbocycles. The number of nitriles is 1. The minimum atomic E-state index is 0.348. The highest BCUT2D eigenvalue weighted by Gasteiger charge is 2.16. The van der Waals surface area contributed by atoms with E-state index in [9.17, 15) is 0 Å². The predicted octanol–water partition coefficient (Wildman–Crippen LogP) is 3.84. The second kappa shape index (κ2) is 5.58. The molecule has 0 fully saturated rings. The number of ether oxygens (including phenoxy) is 1. The normalized spacial score (nSPS) is 10.7. The van der Waals surface area contributed by atoms with E-state index in [2.05, 4.69) is 20.8 Å². The number of hydrogen-bond donors (Lipinski definition) is 0. The topological polar surface area (TPSA) is 50.3 Å². The van der Waals surface area contributed by atoms with E-state index in [0.717, 1.165) is 33.4 Å². The average Bonchev–Trinajstić information content (AvgIpc) is 3.02. The summed E-state index contributed by atoms with van der Waals surface area (Å²) >= 11 is 1.60. The van der Waals surface area contributed by atoms with E-state index in [-0.39, 0.29) is 0 Å². The Kier molecular flexibility index (Phi) is 3.63. The minimum Gasteiger partial charge on any atom is -0.494 e.